The molecule has 1 aromatic carbocycles. The van der Waals surface area contributed by atoms with Crippen LogP contribution in [-0.4, -0.2) is 44.0 Å². The Labute approximate surface area is 115 Å². The zero-order chi connectivity index (χ0) is 14.9. The molecule has 1 aliphatic rings. The van der Waals surface area contributed by atoms with Gasteiger partial charge < -0.3 is 15.5 Å². The number of piperazine rings is 1. The third kappa shape index (κ3) is 3.04. The molecule has 0 unspecified atom stereocenters. The molecule has 4 nitrogen and oxygen atoms in total. The lowest BCUT2D eigenvalue weighted by Gasteiger charge is -2.35. The summed E-state index contributed by atoms with van der Waals surface area (Å²) in [6.45, 7) is 3.08. The number of nitrogens with one attached hydrogen (secondary N) is 1. The molecule has 1 heterocycles. The highest BCUT2D eigenvalue weighted by Gasteiger charge is 2.32. The van der Waals surface area contributed by atoms with Crippen LogP contribution in [-0.2, 0) is 6.18 Å². The second-order valence-corrected chi connectivity index (χ2v) is 4.93. The Morgan fingerprint density at radius 1 is 1.20 bits per heavy atom. The van der Waals surface area contributed by atoms with Crippen molar-refractivity contribution in [2.45, 2.75) is 6.18 Å². The van der Waals surface area contributed by atoms with Gasteiger partial charge in [0.25, 0.3) is 0 Å². The van der Waals surface area contributed by atoms with Gasteiger partial charge in [0.15, 0.2) is 0 Å². The molecule has 1 saturated heterocycles. The monoisotopic (exact) mass is 286 g/mol. The Balaban J connectivity index is 2.36. The van der Waals surface area contributed by atoms with Crippen LogP contribution < -0.4 is 10.6 Å². The maximum absolute atomic E-state index is 12.7. The van der Waals surface area contributed by atoms with Gasteiger partial charge in [-0.2, -0.15) is 13.2 Å². The number of nitrogens with two attached hydrogens (primary N) is 1. The molecule has 1 aromatic rings. The summed E-state index contributed by atoms with van der Waals surface area (Å²) < 4.78 is 38.2. The van der Waals surface area contributed by atoms with Gasteiger partial charge in [0.2, 0.25) is 0 Å². The lowest BCUT2D eigenvalue weighted by atomic mass is 10.1. The minimum atomic E-state index is -4.43. The normalized spacial score (nSPS) is 17.3. The highest BCUT2D eigenvalue weighted by molar-refractivity contribution is 6.00. The quantitative estimate of drug-likeness (QED) is 0.643. The summed E-state index contributed by atoms with van der Waals surface area (Å²) in [4.78, 5) is 4.12. The first-order chi connectivity index (χ1) is 9.29. The van der Waals surface area contributed by atoms with E-state index in [2.05, 4.69) is 4.90 Å². The van der Waals surface area contributed by atoms with Crippen molar-refractivity contribution in [2.24, 2.45) is 5.73 Å². The second-order valence-electron chi connectivity index (χ2n) is 4.93. The van der Waals surface area contributed by atoms with Gasteiger partial charge in [-0.3, -0.25) is 5.41 Å². The molecule has 0 amide bonds. The van der Waals surface area contributed by atoms with Crippen LogP contribution in [0, 0.1) is 5.41 Å². The smallest absolute Gasteiger partial charge is 0.384 e. The molecule has 0 spiro atoms. The van der Waals surface area contributed by atoms with Crippen LogP contribution in [0.5, 0.6) is 0 Å². The molecule has 7 heteroatoms. The van der Waals surface area contributed by atoms with Crippen LogP contribution in [0.1, 0.15) is 11.1 Å². The van der Waals surface area contributed by atoms with Gasteiger partial charge in [-0.05, 0) is 25.2 Å². The van der Waals surface area contributed by atoms with E-state index in [1.165, 1.54) is 6.07 Å². The van der Waals surface area contributed by atoms with E-state index in [1.807, 2.05) is 11.9 Å². The van der Waals surface area contributed by atoms with Crippen molar-refractivity contribution in [3.05, 3.63) is 29.3 Å². The highest BCUT2D eigenvalue weighted by atomic mass is 19.4. The highest BCUT2D eigenvalue weighted by Crippen LogP contribution is 2.33. The van der Waals surface area contributed by atoms with E-state index < -0.39 is 11.7 Å². The second kappa shape index (κ2) is 5.32. The van der Waals surface area contributed by atoms with Crippen molar-refractivity contribution in [1.29, 1.82) is 5.41 Å². The predicted octanol–water partition coefficient (Wildman–Crippen LogP) is 1.74. The first-order valence-electron chi connectivity index (χ1n) is 6.28. The number of benzene rings is 1. The van der Waals surface area contributed by atoms with E-state index in [9.17, 15) is 13.2 Å². The molecule has 0 atom stereocenters. The maximum Gasteiger partial charge on any atom is 0.416 e. The van der Waals surface area contributed by atoms with Crippen molar-refractivity contribution in [1.82, 2.24) is 4.90 Å². The van der Waals surface area contributed by atoms with Gasteiger partial charge in [-0.1, -0.05) is 0 Å². The fourth-order valence-corrected chi connectivity index (χ4v) is 2.25. The number of anilines is 1. The zero-order valence-corrected chi connectivity index (χ0v) is 11.2. The Kier molecular flexibility index (Phi) is 3.89. The fraction of sp³-hybridized carbons (Fsp3) is 0.462. The summed E-state index contributed by atoms with van der Waals surface area (Å²) in [6.07, 6.45) is -4.43. The summed E-state index contributed by atoms with van der Waals surface area (Å²) in [7, 11) is 2.00. The number of alkyl halides is 3. The third-order valence-electron chi connectivity index (χ3n) is 3.46. The van der Waals surface area contributed by atoms with Crippen molar-refractivity contribution < 1.29 is 13.2 Å². The Hall–Kier alpha value is -1.76. The number of nitrogens with zero attached hydrogens (tertiary/aromatic N) is 2. The molecule has 0 saturated carbocycles. The summed E-state index contributed by atoms with van der Waals surface area (Å²) in [5, 5.41) is 7.51. The minimum absolute atomic E-state index is 0.143. The molecule has 0 bridgehead atoms. The number of likely N-dealkylation sites (N-methyl/N-ethyl adjacent to an activating group) is 1. The van der Waals surface area contributed by atoms with Crippen molar-refractivity contribution >= 4 is 11.5 Å². The van der Waals surface area contributed by atoms with Crippen LogP contribution in [0.15, 0.2) is 18.2 Å². The third-order valence-corrected chi connectivity index (χ3v) is 3.46. The van der Waals surface area contributed by atoms with Crippen molar-refractivity contribution in [2.75, 3.05) is 38.1 Å². The molecule has 0 aromatic heterocycles. The maximum atomic E-state index is 12.7. The van der Waals surface area contributed by atoms with Gasteiger partial charge in [-0.15, -0.1) is 0 Å². The lowest BCUT2D eigenvalue weighted by molar-refractivity contribution is -0.137. The van der Waals surface area contributed by atoms with Crippen LogP contribution in [0.4, 0.5) is 18.9 Å². The summed E-state index contributed by atoms with van der Waals surface area (Å²) in [5.41, 5.74) is 5.40. The first kappa shape index (κ1) is 14.6. The molecule has 0 radical (unpaired) electrons. The molecule has 1 fully saturated rings. The van der Waals surface area contributed by atoms with Gasteiger partial charge >= 0.3 is 6.18 Å². The summed E-state index contributed by atoms with van der Waals surface area (Å²) >= 11 is 0. The predicted molar refractivity (Wildman–Crippen MR) is 72.2 cm³/mol. The molecular formula is C13H17F3N4. The van der Waals surface area contributed by atoms with Gasteiger partial charge in [0.1, 0.15) is 5.84 Å². The van der Waals surface area contributed by atoms with E-state index in [0.29, 0.717) is 18.8 Å². The zero-order valence-electron chi connectivity index (χ0n) is 11.2. The largest absolute Gasteiger partial charge is 0.416 e. The van der Waals surface area contributed by atoms with Crippen molar-refractivity contribution in [3.8, 4) is 0 Å². The van der Waals surface area contributed by atoms with E-state index in [1.54, 1.807) is 0 Å². The average Bonchev–Trinajstić information content (AvgIpc) is 2.38. The number of nitrogen functional groups attached to an aromatic ring is 1. The van der Waals surface area contributed by atoms with Gasteiger partial charge in [0.05, 0.1) is 5.56 Å². The van der Waals surface area contributed by atoms with Crippen molar-refractivity contribution in [3.63, 3.8) is 0 Å². The molecule has 0 aliphatic carbocycles. The molecule has 3 N–H and O–H groups in total. The molecular weight excluding hydrogens is 269 g/mol. The molecule has 2 rings (SSSR count). The Morgan fingerprint density at radius 2 is 1.80 bits per heavy atom. The number of hydrogen-bond acceptors (Lipinski definition) is 3. The number of rotatable bonds is 2. The van der Waals surface area contributed by atoms with Gasteiger partial charge in [-0.25, -0.2) is 0 Å². The van der Waals surface area contributed by atoms with E-state index in [-0.39, 0.29) is 11.4 Å². The average molecular weight is 286 g/mol. The molecule has 20 heavy (non-hydrogen) atoms. The van der Waals surface area contributed by atoms with Gasteiger partial charge in [0, 0.05) is 37.4 Å². The molecule has 1 aliphatic heterocycles. The summed E-state index contributed by atoms with van der Waals surface area (Å²) in [5.74, 6) is -0.343. The van der Waals surface area contributed by atoms with Crippen LogP contribution in [0.2, 0.25) is 0 Å². The lowest BCUT2D eigenvalue weighted by Crippen LogP contribution is -2.45. The van der Waals surface area contributed by atoms with Crippen LogP contribution in [0.25, 0.3) is 0 Å². The summed E-state index contributed by atoms with van der Waals surface area (Å²) in [6, 6.07) is 3.40. The van der Waals surface area contributed by atoms with Crippen LogP contribution >= 0.6 is 0 Å². The Bertz CT molecular complexity index is 505. The van der Waals surface area contributed by atoms with Crippen LogP contribution in [0.3, 0.4) is 0 Å². The number of halogens is 3. The Morgan fingerprint density at radius 3 is 2.30 bits per heavy atom. The SMILES string of the molecule is CN1CCN(c2ccc(C(F)(F)F)cc2C(=N)N)CC1. The topological polar surface area (TPSA) is 56.4 Å². The number of hydrogen-bond donors (Lipinski definition) is 2. The van der Waals surface area contributed by atoms with E-state index in [4.69, 9.17) is 11.1 Å². The number of amidine groups is 1. The minimum Gasteiger partial charge on any atom is -0.384 e. The first-order valence-corrected chi connectivity index (χ1v) is 6.28. The fourth-order valence-electron chi connectivity index (χ4n) is 2.25. The van der Waals surface area contributed by atoms with E-state index >= 15 is 0 Å². The van der Waals surface area contributed by atoms with E-state index in [0.717, 1.165) is 25.2 Å². The molecule has 110 valence electrons. The standard InChI is InChI=1S/C13H17F3N4/c1-19-4-6-20(7-5-19)11-3-2-9(13(14,15)16)8-10(11)12(17)18/h2-3,8H,4-7H2,1H3,(H3,17,18).